The van der Waals surface area contributed by atoms with Crippen molar-refractivity contribution in [2.45, 2.75) is 37.4 Å². The van der Waals surface area contributed by atoms with E-state index in [2.05, 4.69) is 9.88 Å². The van der Waals surface area contributed by atoms with E-state index in [1.807, 2.05) is 0 Å². The number of fused-ring (bicyclic) bond motifs is 1. The second kappa shape index (κ2) is 8.78. The minimum Gasteiger partial charge on any atom is -0.315 e. The molecule has 0 radical (unpaired) electrons. The van der Waals surface area contributed by atoms with Crippen LogP contribution in [0.1, 0.15) is 30.4 Å². The van der Waals surface area contributed by atoms with Gasteiger partial charge >= 0.3 is 6.18 Å². The van der Waals surface area contributed by atoms with Crippen LogP contribution in [0.25, 0.3) is 11.1 Å². The van der Waals surface area contributed by atoms with Gasteiger partial charge in [0.15, 0.2) is 5.95 Å². The summed E-state index contributed by atoms with van der Waals surface area (Å²) in [7, 11) is 0. The maximum Gasteiger partial charge on any atom is 0.416 e. The number of aryl methyl sites for hydroxylation is 1. The third-order valence-electron chi connectivity index (χ3n) is 7.31. The number of aromatic amines is 1. The molecule has 184 valence electrons. The lowest BCUT2D eigenvalue weighted by Crippen LogP contribution is -2.28. The fraction of sp³-hybridized carbons (Fsp3) is 0.385. The molecule has 2 atom stereocenters. The maximum atomic E-state index is 13.2. The van der Waals surface area contributed by atoms with Gasteiger partial charge in [0.05, 0.1) is 16.7 Å². The van der Waals surface area contributed by atoms with E-state index in [0.717, 1.165) is 50.5 Å². The predicted octanol–water partition coefficient (Wildman–Crippen LogP) is 4.42. The van der Waals surface area contributed by atoms with Crippen LogP contribution in [-0.4, -0.2) is 34.1 Å². The van der Waals surface area contributed by atoms with Crippen molar-refractivity contribution in [3.05, 3.63) is 92.5 Å². The number of likely N-dealkylation sites (tertiary alicyclic amines) is 1. The molecule has 3 aromatic rings. The molecule has 5 rings (SSSR count). The van der Waals surface area contributed by atoms with Crippen molar-refractivity contribution in [1.82, 2.24) is 14.5 Å². The molecule has 3 heterocycles. The molecule has 35 heavy (non-hydrogen) atoms. The average molecular weight is 487 g/mol. The van der Waals surface area contributed by atoms with Crippen molar-refractivity contribution in [1.29, 1.82) is 0 Å². The summed E-state index contributed by atoms with van der Waals surface area (Å²) in [4.78, 5) is 29.3. The van der Waals surface area contributed by atoms with Gasteiger partial charge in [-0.2, -0.15) is 17.6 Å². The molecule has 1 aliphatic carbocycles. The molecular weight excluding hydrogens is 462 g/mol. The molecule has 2 fully saturated rings. The number of H-pyrrole nitrogens is 1. The monoisotopic (exact) mass is 487 g/mol. The summed E-state index contributed by atoms with van der Waals surface area (Å²) in [5, 5.41) is 0. The van der Waals surface area contributed by atoms with Crippen molar-refractivity contribution in [3.8, 4) is 11.1 Å². The minimum absolute atomic E-state index is 0.0301. The number of alkyl halides is 3. The Hall–Kier alpha value is -3.20. The van der Waals surface area contributed by atoms with Gasteiger partial charge < -0.3 is 9.47 Å². The van der Waals surface area contributed by atoms with Crippen LogP contribution in [0, 0.1) is 11.9 Å². The first kappa shape index (κ1) is 23.5. The molecule has 5 nitrogen and oxygen atoms in total. The highest BCUT2D eigenvalue weighted by Gasteiger charge is 2.60. The molecule has 1 saturated heterocycles. The zero-order valence-electron chi connectivity index (χ0n) is 18.9. The van der Waals surface area contributed by atoms with E-state index in [9.17, 15) is 27.2 Å². The van der Waals surface area contributed by atoms with Crippen LogP contribution in [0.4, 0.5) is 17.6 Å². The van der Waals surface area contributed by atoms with Gasteiger partial charge in [-0.1, -0.05) is 12.1 Å². The molecular formula is C26H25F4N3O2. The van der Waals surface area contributed by atoms with Gasteiger partial charge in [-0.25, -0.2) is 0 Å². The fourth-order valence-electron chi connectivity index (χ4n) is 5.39. The highest BCUT2D eigenvalue weighted by atomic mass is 19.4. The standard InChI is InChI=1S/C26H25F4N3O2/c27-22-10-9-20(23(34)31-22)21-4-3-13-33(24(21)35)12-2-1-11-32-15-19-14-25(19,16-32)17-5-7-18(8-6-17)26(28,29)30/h3-10,13,19H,1-2,11-12,14-16H2,(H,31,34)/t19-,25+/m0/s1. The molecule has 2 aromatic heterocycles. The van der Waals surface area contributed by atoms with Crippen molar-refractivity contribution in [3.63, 3.8) is 0 Å². The van der Waals surface area contributed by atoms with Crippen molar-refractivity contribution >= 4 is 0 Å². The Morgan fingerprint density at radius 3 is 2.43 bits per heavy atom. The lowest BCUT2D eigenvalue weighted by Gasteiger charge is -2.21. The summed E-state index contributed by atoms with van der Waals surface area (Å²) in [6, 6.07) is 11.3. The van der Waals surface area contributed by atoms with Crippen molar-refractivity contribution < 1.29 is 17.6 Å². The third-order valence-corrected chi connectivity index (χ3v) is 7.31. The average Bonchev–Trinajstić information content (AvgIpc) is 3.39. The first-order chi connectivity index (χ1) is 16.7. The lowest BCUT2D eigenvalue weighted by atomic mass is 9.94. The topological polar surface area (TPSA) is 58.1 Å². The third kappa shape index (κ3) is 4.57. The molecule has 9 heteroatoms. The summed E-state index contributed by atoms with van der Waals surface area (Å²) in [5.74, 6) is -0.276. The van der Waals surface area contributed by atoms with Gasteiger partial charge in [-0.3, -0.25) is 14.6 Å². The summed E-state index contributed by atoms with van der Waals surface area (Å²) in [6.45, 7) is 3.12. The second-order valence-electron chi connectivity index (χ2n) is 9.54. The van der Waals surface area contributed by atoms with Crippen LogP contribution in [0.3, 0.4) is 0 Å². The summed E-state index contributed by atoms with van der Waals surface area (Å²) in [5.41, 5.74) is -0.243. The fourth-order valence-corrected chi connectivity index (χ4v) is 5.39. The van der Waals surface area contributed by atoms with Crippen LogP contribution in [0.2, 0.25) is 0 Å². The number of benzene rings is 1. The Kier molecular flexibility index (Phi) is 5.91. The van der Waals surface area contributed by atoms with Crippen LogP contribution in [-0.2, 0) is 18.1 Å². The van der Waals surface area contributed by atoms with Gasteiger partial charge in [-0.15, -0.1) is 0 Å². The second-order valence-corrected chi connectivity index (χ2v) is 9.54. The number of piperidine rings is 1. The molecule has 0 spiro atoms. The summed E-state index contributed by atoms with van der Waals surface area (Å²) in [6.07, 6.45) is -0.00791. The van der Waals surface area contributed by atoms with Gasteiger partial charge in [0, 0.05) is 31.2 Å². The summed E-state index contributed by atoms with van der Waals surface area (Å²) >= 11 is 0. The van der Waals surface area contributed by atoms with Crippen molar-refractivity contribution in [2.75, 3.05) is 19.6 Å². The first-order valence-electron chi connectivity index (χ1n) is 11.7. The summed E-state index contributed by atoms with van der Waals surface area (Å²) < 4.78 is 53.4. The number of aromatic nitrogens is 2. The highest BCUT2D eigenvalue weighted by molar-refractivity contribution is 5.60. The Morgan fingerprint density at radius 2 is 1.71 bits per heavy atom. The molecule has 0 bridgehead atoms. The van der Waals surface area contributed by atoms with Crippen LogP contribution >= 0.6 is 0 Å². The van der Waals surface area contributed by atoms with E-state index < -0.39 is 23.2 Å². The molecule has 1 aliphatic heterocycles. The van der Waals surface area contributed by atoms with E-state index in [1.54, 1.807) is 35.0 Å². The largest absolute Gasteiger partial charge is 0.416 e. The van der Waals surface area contributed by atoms with Crippen LogP contribution < -0.4 is 11.1 Å². The van der Waals surface area contributed by atoms with Crippen molar-refractivity contribution in [2.24, 2.45) is 5.92 Å². The highest BCUT2D eigenvalue weighted by Crippen LogP contribution is 2.59. The molecule has 0 amide bonds. The molecule has 0 unspecified atom stereocenters. The van der Waals surface area contributed by atoms with E-state index >= 15 is 0 Å². The Balaban J connectivity index is 1.16. The lowest BCUT2D eigenvalue weighted by molar-refractivity contribution is -0.137. The Bertz CT molecular complexity index is 1350. The number of rotatable bonds is 7. The van der Waals surface area contributed by atoms with E-state index in [-0.39, 0.29) is 22.1 Å². The molecule has 1 aromatic carbocycles. The zero-order valence-corrected chi connectivity index (χ0v) is 18.9. The quantitative estimate of drug-likeness (QED) is 0.305. The van der Waals surface area contributed by atoms with Gasteiger partial charge in [0.1, 0.15) is 0 Å². The number of nitrogens with one attached hydrogen (secondary N) is 1. The van der Waals surface area contributed by atoms with Gasteiger partial charge in [-0.05, 0) is 73.7 Å². The normalized spacial score (nSPS) is 21.8. The number of unbranched alkanes of at least 4 members (excludes halogenated alkanes) is 1. The minimum atomic E-state index is -4.32. The van der Waals surface area contributed by atoms with Gasteiger partial charge in [0.2, 0.25) is 0 Å². The number of hydrogen-bond acceptors (Lipinski definition) is 3. The van der Waals surface area contributed by atoms with Gasteiger partial charge in [0.25, 0.3) is 11.1 Å². The SMILES string of the molecule is O=c1[nH]c(F)ccc1-c1cccn(CCCCN2C[C@@H]3C[C@]3(c3ccc(C(F)(F)F)cc3)C2)c1=O. The molecule has 2 aliphatic rings. The predicted molar refractivity (Wildman–Crippen MR) is 124 cm³/mol. The number of pyridine rings is 2. The van der Waals surface area contributed by atoms with E-state index in [4.69, 9.17) is 0 Å². The number of halogens is 4. The Labute approximate surface area is 199 Å². The zero-order chi connectivity index (χ0) is 24.8. The molecule has 1 saturated carbocycles. The van der Waals surface area contributed by atoms with Crippen LogP contribution in [0.15, 0.2) is 64.3 Å². The molecule has 1 N–H and O–H groups in total. The Morgan fingerprint density at radius 1 is 0.971 bits per heavy atom. The van der Waals surface area contributed by atoms with Crippen LogP contribution in [0.5, 0.6) is 0 Å². The van der Waals surface area contributed by atoms with E-state index in [1.165, 1.54) is 18.2 Å². The smallest absolute Gasteiger partial charge is 0.315 e. The number of hydrogen-bond donors (Lipinski definition) is 1. The number of nitrogens with zero attached hydrogens (tertiary/aromatic N) is 2. The maximum absolute atomic E-state index is 13.2. The van der Waals surface area contributed by atoms with E-state index in [0.29, 0.717) is 12.5 Å². The first-order valence-corrected chi connectivity index (χ1v) is 11.7.